The van der Waals surface area contributed by atoms with E-state index in [-0.39, 0.29) is 18.2 Å². The summed E-state index contributed by atoms with van der Waals surface area (Å²) in [6.45, 7) is 2.78. The van der Waals surface area contributed by atoms with Crippen LogP contribution >= 0.6 is 0 Å². The zero-order valence-electron chi connectivity index (χ0n) is 15.9. The third-order valence-electron chi connectivity index (χ3n) is 4.81. The highest BCUT2D eigenvalue weighted by molar-refractivity contribution is 5.96. The first-order chi connectivity index (χ1) is 13.9. The number of hydrogen-bond donors (Lipinski definition) is 1. The Bertz CT molecular complexity index is 817. The number of morpholine rings is 1. The molecule has 0 aliphatic carbocycles. The van der Waals surface area contributed by atoms with Crippen molar-refractivity contribution in [1.82, 2.24) is 10.2 Å². The average Bonchev–Trinajstić information content (AvgIpc) is 2.73. The SMILES string of the molecule is O=C(/C=C(\c1ccccc1)C(F)(F)F)NCC(c1ccccc1)N1CCOCC1. The molecule has 0 saturated carbocycles. The zero-order valence-corrected chi connectivity index (χ0v) is 15.9. The Kier molecular flexibility index (Phi) is 7.06. The minimum absolute atomic E-state index is 0.0389. The fourth-order valence-corrected chi connectivity index (χ4v) is 3.35. The van der Waals surface area contributed by atoms with Crippen LogP contribution < -0.4 is 5.32 Å². The lowest BCUT2D eigenvalue weighted by Crippen LogP contribution is -2.43. The van der Waals surface area contributed by atoms with Gasteiger partial charge in [0, 0.05) is 25.7 Å². The fraction of sp³-hybridized carbons (Fsp3) is 0.318. The number of nitrogens with zero attached hydrogens (tertiary/aromatic N) is 1. The maximum Gasteiger partial charge on any atom is 0.417 e. The van der Waals surface area contributed by atoms with E-state index in [1.165, 1.54) is 24.3 Å². The second-order valence-electron chi connectivity index (χ2n) is 6.74. The van der Waals surface area contributed by atoms with Gasteiger partial charge in [0.1, 0.15) is 0 Å². The molecule has 1 N–H and O–H groups in total. The third-order valence-corrected chi connectivity index (χ3v) is 4.81. The van der Waals surface area contributed by atoms with Crippen molar-refractivity contribution >= 4 is 11.5 Å². The van der Waals surface area contributed by atoms with Gasteiger partial charge in [0.25, 0.3) is 0 Å². The number of nitrogens with one attached hydrogen (secondary N) is 1. The van der Waals surface area contributed by atoms with Crippen LogP contribution in [0.3, 0.4) is 0 Å². The van der Waals surface area contributed by atoms with Crippen LogP contribution in [0.2, 0.25) is 0 Å². The molecule has 1 fully saturated rings. The van der Waals surface area contributed by atoms with Crippen molar-refractivity contribution in [3.05, 3.63) is 77.9 Å². The molecule has 1 heterocycles. The average molecular weight is 404 g/mol. The lowest BCUT2D eigenvalue weighted by molar-refractivity contribution is -0.117. The van der Waals surface area contributed by atoms with E-state index in [2.05, 4.69) is 10.2 Å². The number of allylic oxidation sites excluding steroid dienone is 1. The molecule has 1 saturated heterocycles. The number of benzene rings is 2. The summed E-state index contributed by atoms with van der Waals surface area (Å²) in [7, 11) is 0. The molecule has 0 bridgehead atoms. The van der Waals surface area contributed by atoms with Gasteiger partial charge in [-0.2, -0.15) is 13.2 Å². The lowest BCUT2D eigenvalue weighted by atomic mass is 10.0. The quantitative estimate of drug-likeness (QED) is 0.745. The van der Waals surface area contributed by atoms with E-state index in [0.717, 1.165) is 5.56 Å². The molecule has 2 aromatic rings. The summed E-state index contributed by atoms with van der Waals surface area (Å²) in [6.07, 6.45) is -3.99. The Morgan fingerprint density at radius 1 is 1.03 bits per heavy atom. The fourth-order valence-electron chi connectivity index (χ4n) is 3.35. The van der Waals surface area contributed by atoms with Gasteiger partial charge in [0.2, 0.25) is 5.91 Å². The molecule has 0 spiro atoms. The summed E-state index contributed by atoms with van der Waals surface area (Å²) >= 11 is 0. The van der Waals surface area contributed by atoms with E-state index in [0.29, 0.717) is 32.4 Å². The topological polar surface area (TPSA) is 41.6 Å². The first-order valence-corrected chi connectivity index (χ1v) is 9.44. The van der Waals surface area contributed by atoms with Crippen LogP contribution in [-0.4, -0.2) is 49.8 Å². The Morgan fingerprint density at radius 3 is 2.21 bits per heavy atom. The summed E-state index contributed by atoms with van der Waals surface area (Å²) in [5, 5.41) is 2.65. The van der Waals surface area contributed by atoms with Crippen molar-refractivity contribution in [1.29, 1.82) is 0 Å². The van der Waals surface area contributed by atoms with Gasteiger partial charge in [-0.1, -0.05) is 60.7 Å². The third kappa shape index (κ3) is 5.92. The van der Waals surface area contributed by atoms with Crippen LogP contribution in [0.5, 0.6) is 0 Å². The molecule has 1 amide bonds. The standard InChI is InChI=1S/C22H23F3N2O2/c23-22(24,25)19(17-7-3-1-4-8-17)15-21(28)26-16-20(18-9-5-2-6-10-18)27-11-13-29-14-12-27/h1-10,15,20H,11-14,16H2,(H,26,28)/b19-15+. The van der Waals surface area contributed by atoms with E-state index in [1.54, 1.807) is 6.07 Å². The number of hydrogen-bond acceptors (Lipinski definition) is 3. The van der Waals surface area contributed by atoms with Crippen LogP contribution in [0.1, 0.15) is 17.2 Å². The highest BCUT2D eigenvalue weighted by atomic mass is 19.4. The molecule has 4 nitrogen and oxygen atoms in total. The molecule has 0 radical (unpaired) electrons. The molecule has 2 aromatic carbocycles. The monoisotopic (exact) mass is 404 g/mol. The summed E-state index contributed by atoms with van der Waals surface area (Å²) in [4.78, 5) is 14.5. The molecule has 7 heteroatoms. The minimum atomic E-state index is -4.62. The Hall–Kier alpha value is -2.64. The predicted octanol–water partition coefficient (Wildman–Crippen LogP) is 3.82. The van der Waals surface area contributed by atoms with E-state index in [1.807, 2.05) is 30.3 Å². The van der Waals surface area contributed by atoms with Crippen LogP contribution in [0.15, 0.2) is 66.7 Å². The number of halogens is 3. The summed E-state index contributed by atoms with van der Waals surface area (Å²) in [5.74, 6) is -0.768. The molecule has 0 aromatic heterocycles. The second-order valence-corrected chi connectivity index (χ2v) is 6.74. The van der Waals surface area contributed by atoms with Crippen molar-refractivity contribution in [3.63, 3.8) is 0 Å². The molecule has 29 heavy (non-hydrogen) atoms. The second kappa shape index (κ2) is 9.71. The highest BCUT2D eigenvalue weighted by Gasteiger charge is 2.35. The van der Waals surface area contributed by atoms with E-state index >= 15 is 0 Å². The van der Waals surface area contributed by atoms with Crippen molar-refractivity contribution in [2.75, 3.05) is 32.8 Å². The van der Waals surface area contributed by atoms with Crippen LogP contribution in [0.4, 0.5) is 13.2 Å². The van der Waals surface area contributed by atoms with Gasteiger partial charge in [-0.05, 0) is 11.1 Å². The number of alkyl halides is 3. The molecule has 154 valence electrons. The molecule has 1 atom stereocenters. The summed E-state index contributed by atoms with van der Waals surface area (Å²) in [5.41, 5.74) is -0.000967. The van der Waals surface area contributed by atoms with Gasteiger partial charge < -0.3 is 10.1 Å². The van der Waals surface area contributed by atoms with Crippen molar-refractivity contribution in [3.8, 4) is 0 Å². The molecule has 1 aliphatic rings. The summed E-state index contributed by atoms with van der Waals surface area (Å²) in [6, 6.07) is 16.8. The van der Waals surface area contributed by atoms with Crippen molar-refractivity contribution in [2.24, 2.45) is 0 Å². The van der Waals surface area contributed by atoms with E-state index in [9.17, 15) is 18.0 Å². The first-order valence-electron chi connectivity index (χ1n) is 9.44. The molecule has 1 aliphatic heterocycles. The molecule has 1 unspecified atom stereocenters. The highest BCUT2D eigenvalue weighted by Crippen LogP contribution is 2.33. The van der Waals surface area contributed by atoms with Crippen molar-refractivity contribution in [2.45, 2.75) is 12.2 Å². The van der Waals surface area contributed by atoms with Gasteiger partial charge in [-0.15, -0.1) is 0 Å². The zero-order chi connectivity index (χ0) is 20.7. The van der Waals surface area contributed by atoms with Gasteiger partial charge in [-0.3, -0.25) is 9.69 Å². The lowest BCUT2D eigenvalue weighted by Gasteiger charge is -2.34. The Balaban J connectivity index is 1.76. The molecular weight excluding hydrogens is 381 g/mol. The van der Waals surface area contributed by atoms with Gasteiger partial charge in [-0.25, -0.2) is 0 Å². The largest absolute Gasteiger partial charge is 0.417 e. The maximum atomic E-state index is 13.5. The predicted molar refractivity (Wildman–Crippen MR) is 105 cm³/mol. The van der Waals surface area contributed by atoms with Gasteiger partial charge in [0.05, 0.1) is 24.8 Å². The van der Waals surface area contributed by atoms with E-state index < -0.39 is 17.7 Å². The minimum Gasteiger partial charge on any atom is -0.379 e. The molecular formula is C22H23F3N2O2. The number of carbonyl (C=O) groups is 1. The van der Waals surface area contributed by atoms with Gasteiger partial charge in [0.15, 0.2) is 0 Å². The smallest absolute Gasteiger partial charge is 0.379 e. The Labute approximate surface area is 168 Å². The van der Waals surface area contributed by atoms with Crippen molar-refractivity contribution < 1.29 is 22.7 Å². The number of ether oxygens (including phenoxy) is 1. The molecule has 3 rings (SSSR count). The summed E-state index contributed by atoms with van der Waals surface area (Å²) < 4.78 is 45.7. The first kappa shape index (κ1) is 21.1. The number of rotatable bonds is 6. The van der Waals surface area contributed by atoms with Crippen LogP contribution in [0.25, 0.3) is 5.57 Å². The van der Waals surface area contributed by atoms with Crippen LogP contribution in [-0.2, 0) is 9.53 Å². The Morgan fingerprint density at radius 2 is 1.62 bits per heavy atom. The maximum absolute atomic E-state index is 13.5. The number of amides is 1. The normalized spacial score (nSPS) is 17.0. The number of carbonyl (C=O) groups excluding carboxylic acids is 1. The van der Waals surface area contributed by atoms with Crippen LogP contribution in [0, 0.1) is 0 Å². The van der Waals surface area contributed by atoms with E-state index in [4.69, 9.17) is 4.74 Å². The van der Waals surface area contributed by atoms with Gasteiger partial charge >= 0.3 is 6.18 Å².